The minimum atomic E-state index is -3.28. The Hall–Kier alpha value is -2.52. The highest BCUT2D eigenvalue weighted by molar-refractivity contribution is 7.90. The number of amides is 2. The monoisotopic (exact) mass is 348 g/mol. The van der Waals surface area contributed by atoms with E-state index in [9.17, 15) is 13.2 Å². The van der Waals surface area contributed by atoms with Crippen molar-refractivity contribution in [2.45, 2.75) is 4.90 Å². The summed E-state index contributed by atoms with van der Waals surface area (Å²) >= 11 is 1.20. The molecule has 0 saturated heterocycles. The molecular formula is C14H12N4O3S2. The third kappa shape index (κ3) is 3.63. The molecule has 0 aliphatic heterocycles. The number of benzene rings is 1. The van der Waals surface area contributed by atoms with Gasteiger partial charge in [0.15, 0.2) is 15.0 Å². The lowest BCUT2D eigenvalue weighted by Gasteiger charge is -2.03. The van der Waals surface area contributed by atoms with Crippen LogP contribution in [0.2, 0.25) is 0 Å². The number of urea groups is 1. The number of thiazole rings is 1. The quantitative estimate of drug-likeness (QED) is 0.758. The van der Waals surface area contributed by atoms with E-state index in [2.05, 4.69) is 20.6 Å². The maximum Gasteiger partial charge on any atom is 0.325 e. The molecule has 0 aliphatic rings. The number of aromatic nitrogens is 2. The van der Waals surface area contributed by atoms with Gasteiger partial charge in [-0.3, -0.25) is 10.3 Å². The van der Waals surface area contributed by atoms with E-state index >= 15 is 0 Å². The fraction of sp³-hybridized carbons (Fsp3) is 0.0714. The van der Waals surface area contributed by atoms with E-state index in [0.717, 1.165) is 6.26 Å². The Morgan fingerprint density at radius 2 is 2.04 bits per heavy atom. The molecule has 0 bridgehead atoms. The van der Waals surface area contributed by atoms with Crippen molar-refractivity contribution in [1.82, 2.24) is 9.97 Å². The van der Waals surface area contributed by atoms with Crippen molar-refractivity contribution in [3.8, 4) is 0 Å². The molecule has 2 aromatic heterocycles. The van der Waals surface area contributed by atoms with Gasteiger partial charge in [0.1, 0.15) is 0 Å². The van der Waals surface area contributed by atoms with E-state index in [1.54, 1.807) is 30.5 Å². The van der Waals surface area contributed by atoms with Crippen LogP contribution in [0, 0.1) is 0 Å². The largest absolute Gasteiger partial charge is 0.325 e. The summed E-state index contributed by atoms with van der Waals surface area (Å²) in [5, 5.41) is 5.63. The normalized spacial score (nSPS) is 11.3. The van der Waals surface area contributed by atoms with Gasteiger partial charge in [-0.2, -0.15) is 0 Å². The molecule has 0 radical (unpaired) electrons. The Kier molecular flexibility index (Phi) is 3.97. The number of hydrogen-bond acceptors (Lipinski definition) is 6. The van der Waals surface area contributed by atoms with Gasteiger partial charge >= 0.3 is 6.03 Å². The Morgan fingerprint density at radius 3 is 2.74 bits per heavy atom. The van der Waals surface area contributed by atoms with Gasteiger partial charge in [0.2, 0.25) is 0 Å². The van der Waals surface area contributed by atoms with E-state index in [1.807, 2.05) is 0 Å². The number of rotatable bonds is 3. The van der Waals surface area contributed by atoms with Crippen molar-refractivity contribution in [2.75, 3.05) is 16.9 Å². The topological polar surface area (TPSA) is 101 Å². The SMILES string of the molecule is CS(=O)(=O)c1ccc2nc(NC(=O)Nc3cccnc3)sc2c1. The van der Waals surface area contributed by atoms with E-state index in [0.29, 0.717) is 21.0 Å². The van der Waals surface area contributed by atoms with E-state index in [4.69, 9.17) is 0 Å². The van der Waals surface area contributed by atoms with Crippen molar-refractivity contribution < 1.29 is 13.2 Å². The molecule has 0 saturated carbocycles. The summed E-state index contributed by atoms with van der Waals surface area (Å²) in [6, 6.07) is 7.64. The molecule has 3 aromatic rings. The summed E-state index contributed by atoms with van der Waals surface area (Å²) in [6.07, 6.45) is 4.28. The minimum Gasteiger partial charge on any atom is -0.306 e. The smallest absolute Gasteiger partial charge is 0.306 e. The lowest BCUT2D eigenvalue weighted by atomic mass is 10.3. The molecule has 0 atom stereocenters. The van der Waals surface area contributed by atoms with Crippen LogP contribution in [0.5, 0.6) is 0 Å². The molecule has 7 nitrogen and oxygen atoms in total. The van der Waals surface area contributed by atoms with E-state index < -0.39 is 15.9 Å². The molecule has 0 fully saturated rings. The van der Waals surface area contributed by atoms with Crippen LogP contribution >= 0.6 is 11.3 Å². The zero-order valence-electron chi connectivity index (χ0n) is 12.0. The molecule has 2 heterocycles. The number of carbonyl (C=O) groups excluding carboxylic acids is 1. The van der Waals surface area contributed by atoms with Crippen molar-refractivity contribution >= 4 is 48.2 Å². The summed E-state index contributed by atoms with van der Waals surface area (Å²) < 4.78 is 23.8. The average molecular weight is 348 g/mol. The average Bonchev–Trinajstić information content (AvgIpc) is 2.88. The molecule has 2 N–H and O–H groups in total. The number of nitrogens with one attached hydrogen (secondary N) is 2. The maximum absolute atomic E-state index is 11.9. The molecule has 118 valence electrons. The second kappa shape index (κ2) is 5.94. The molecule has 2 amide bonds. The van der Waals surface area contributed by atoms with Gasteiger partial charge in [0.05, 0.1) is 27.0 Å². The molecule has 0 aliphatic carbocycles. The number of anilines is 2. The molecule has 0 unspecified atom stereocenters. The van der Waals surface area contributed by atoms with Crippen LogP contribution in [0.4, 0.5) is 15.6 Å². The number of hydrogen-bond donors (Lipinski definition) is 2. The van der Waals surface area contributed by atoms with Crippen LogP contribution in [0.15, 0.2) is 47.6 Å². The zero-order valence-corrected chi connectivity index (χ0v) is 13.6. The van der Waals surface area contributed by atoms with Gasteiger partial charge in [-0.1, -0.05) is 11.3 Å². The second-order valence-corrected chi connectivity index (χ2v) is 7.79. The number of pyridine rings is 1. The van der Waals surface area contributed by atoms with Crippen LogP contribution in [-0.2, 0) is 9.84 Å². The maximum atomic E-state index is 11.9. The highest BCUT2D eigenvalue weighted by Crippen LogP contribution is 2.28. The standard InChI is InChI=1S/C14H12N4O3S2/c1-23(20,21)10-4-5-11-12(7-10)22-14(17-11)18-13(19)16-9-3-2-6-15-8-9/h2-8H,1H3,(H2,16,17,18,19). The zero-order chi connectivity index (χ0) is 16.4. The Bertz CT molecular complexity index is 968. The van der Waals surface area contributed by atoms with Crippen LogP contribution in [0.3, 0.4) is 0 Å². The predicted octanol–water partition coefficient (Wildman–Crippen LogP) is 2.74. The van der Waals surface area contributed by atoms with E-state index in [-0.39, 0.29) is 4.90 Å². The highest BCUT2D eigenvalue weighted by atomic mass is 32.2. The molecule has 23 heavy (non-hydrogen) atoms. The fourth-order valence-electron chi connectivity index (χ4n) is 1.89. The summed E-state index contributed by atoms with van der Waals surface area (Å²) in [7, 11) is -3.28. The van der Waals surface area contributed by atoms with Gasteiger partial charge in [-0.25, -0.2) is 18.2 Å². The summed E-state index contributed by atoms with van der Waals surface area (Å²) in [4.78, 5) is 20.3. The minimum absolute atomic E-state index is 0.222. The van der Waals surface area contributed by atoms with Crippen molar-refractivity contribution in [1.29, 1.82) is 0 Å². The fourth-order valence-corrected chi connectivity index (χ4v) is 3.51. The van der Waals surface area contributed by atoms with Gasteiger partial charge in [-0.05, 0) is 30.3 Å². The first-order valence-corrected chi connectivity index (χ1v) is 9.21. The third-order valence-electron chi connectivity index (χ3n) is 2.93. The first-order valence-electron chi connectivity index (χ1n) is 6.50. The predicted molar refractivity (Wildman–Crippen MR) is 89.6 cm³/mol. The van der Waals surface area contributed by atoms with Crippen molar-refractivity contribution in [3.63, 3.8) is 0 Å². The summed E-state index contributed by atoms with van der Waals surface area (Å²) in [5.41, 5.74) is 1.18. The highest BCUT2D eigenvalue weighted by Gasteiger charge is 2.12. The van der Waals surface area contributed by atoms with Crippen molar-refractivity contribution in [2.24, 2.45) is 0 Å². The van der Waals surface area contributed by atoms with Crippen LogP contribution in [-0.4, -0.2) is 30.7 Å². The Morgan fingerprint density at radius 1 is 1.22 bits per heavy atom. The number of nitrogens with zero attached hydrogens (tertiary/aromatic N) is 2. The van der Waals surface area contributed by atoms with Gasteiger partial charge < -0.3 is 5.32 Å². The van der Waals surface area contributed by atoms with Crippen molar-refractivity contribution in [3.05, 3.63) is 42.7 Å². The van der Waals surface area contributed by atoms with Crippen LogP contribution in [0.1, 0.15) is 0 Å². The molecule has 1 aromatic carbocycles. The van der Waals surface area contributed by atoms with Gasteiger partial charge in [-0.15, -0.1) is 0 Å². The van der Waals surface area contributed by atoms with E-state index in [1.165, 1.54) is 23.6 Å². The van der Waals surface area contributed by atoms with Gasteiger partial charge in [0, 0.05) is 12.5 Å². The Labute approximate surface area is 136 Å². The number of sulfone groups is 1. The second-order valence-electron chi connectivity index (χ2n) is 4.74. The molecule has 3 rings (SSSR count). The molecule has 9 heteroatoms. The van der Waals surface area contributed by atoms with Crippen LogP contribution in [0.25, 0.3) is 10.2 Å². The Balaban J connectivity index is 1.79. The number of fused-ring (bicyclic) bond motifs is 1. The lowest BCUT2D eigenvalue weighted by Crippen LogP contribution is -2.19. The first-order chi connectivity index (χ1) is 10.9. The number of carbonyl (C=O) groups is 1. The first kappa shape index (κ1) is 15.4. The lowest BCUT2D eigenvalue weighted by molar-refractivity contribution is 0.262. The van der Waals surface area contributed by atoms with Gasteiger partial charge in [0.25, 0.3) is 0 Å². The van der Waals surface area contributed by atoms with Crippen LogP contribution < -0.4 is 10.6 Å². The summed E-state index contributed by atoms with van der Waals surface area (Å²) in [5.74, 6) is 0. The molecular weight excluding hydrogens is 336 g/mol. The third-order valence-corrected chi connectivity index (χ3v) is 4.97. The molecule has 0 spiro atoms. The summed E-state index contributed by atoms with van der Waals surface area (Å²) in [6.45, 7) is 0.